The molecule has 1 aliphatic carbocycles. The maximum Gasteiger partial charge on any atom is 0.286 e. The second-order valence-electron chi connectivity index (χ2n) is 6.96. The van der Waals surface area contributed by atoms with E-state index in [2.05, 4.69) is 10.3 Å². The Labute approximate surface area is 160 Å². The van der Waals surface area contributed by atoms with E-state index in [1.165, 1.54) is 30.8 Å². The highest BCUT2D eigenvalue weighted by molar-refractivity contribution is 5.77. The maximum absolute atomic E-state index is 11.2. The first-order valence-electron chi connectivity index (χ1n) is 9.21. The summed E-state index contributed by atoms with van der Waals surface area (Å²) in [6.45, 7) is 0. The van der Waals surface area contributed by atoms with E-state index in [1.807, 2.05) is 0 Å². The van der Waals surface area contributed by atoms with E-state index in [-0.39, 0.29) is 17.4 Å². The Morgan fingerprint density at radius 3 is 2.21 bits per heavy atom. The molecule has 28 heavy (non-hydrogen) atoms. The second-order valence-corrected chi connectivity index (χ2v) is 6.96. The number of nitrogens with zero attached hydrogens (tertiary/aromatic N) is 4. The lowest BCUT2D eigenvalue weighted by molar-refractivity contribution is -0.385. The number of nitrogens with one attached hydrogen (secondary N) is 1. The molecule has 144 valence electrons. The van der Waals surface area contributed by atoms with Crippen molar-refractivity contribution in [3.05, 3.63) is 62.8 Å². The zero-order chi connectivity index (χ0) is 19.7. The molecule has 0 unspecified atom stereocenters. The summed E-state index contributed by atoms with van der Waals surface area (Å²) in [5.41, 5.74) is 1.91. The molecule has 2 aromatic heterocycles. The fraction of sp³-hybridized carbons (Fsp3) is 0.316. The van der Waals surface area contributed by atoms with Crippen LogP contribution in [0, 0.1) is 20.2 Å². The molecular weight excluding hydrogens is 362 g/mol. The Morgan fingerprint density at radius 2 is 1.57 bits per heavy atom. The molecule has 3 aromatic rings. The highest BCUT2D eigenvalue weighted by Gasteiger charge is 2.21. The smallest absolute Gasteiger partial charge is 0.286 e. The number of hydrogen-bond acceptors (Lipinski definition) is 6. The third-order valence-electron chi connectivity index (χ3n) is 5.11. The molecule has 0 aliphatic heterocycles. The minimum Gasteiger partial charge on any atom is -0.367 e. The molecule has 2 heterocycles. The van der Waals surface area contributed by atoms with Crippen LogP contribution in [-0.2, 0) is 0 Å². The van der Waals surface area contributed by atoms with Gasteiger partial charge in [-0.05, 0) is 31.0 Å². The summed E-state index contributed by atoms with van der Waals surface area (Å²) >= 11 is 0. The summed E-state index contributed by atoms with van der Waals surface area (Å²) in [7, 11) is 0. The Morgan fingerprint density at radius 1 is 0.929 bits per heavy atom. The molecule has 1 aliphatic rings. The normalized spacial score (nSPS) is 14.9. The topological polar surface area (TPSA) is 116 Å². The molecular formula is C19H19N5O4. The van der Waals surface area contributed by atoms with Gasteiger partial charge in [0.15, 0.2) is 0 Å². The number of non-ortho nitro benzene ring substituents is 1. The first-order valence-corrected chi connectivity index (χ1v) is 9.21. The fourth-order valence-electron chi connectivity index (χ4n) is 3.66. The number of rotatable bonds is 5. The van der Waals surface area contributed by atoms with Gasteiger partial charge in [0, 0.05) is 29.8 Å². The SMILES string of the molecule is O=[N+]([O-])c1ccc(-c2nc3ccc([N+](=O)[O-])cn3c2NC2CCCCC2)cc1. The molecule has 4 rings (SSSR count). The van der Waals surface area contributed by atoms with Crippen LogP contribution >= 0.6 is 0 Å². The summed E-state index contributed by atoms with van der Waals surface area (Å²) in [6, 6.07) is 9.48. The molecule has 1 N–H and O–H groups in total. The Balaban J connectivity index is 1.82. The van der Waals surface area contributed by atoms with Crippen molar-refractivity contribution in [2.45, 2.75) is 38.1 Å². The van der Waals surface area contributed by atoms with Crippen molar-refractivity contribution < 1.29 is 9.85 Å². The Kier molecular flexibility index (Phi) is 4.64. The number of nitro groups is 2. The number of imidazole rings is 1. The van der Waals surface area contributed by atoms with E-state index < -0.39 is 9.85 Å². The van der Waals surface area contributed by atoms with Gasteiger partial charge in [0.05, 0.1) is 16.0 Å². The number of anilines is 1. The average molecular weight is 381 g/mol. The minimum absolute atomic E-state index is 0.00458. The number of hydrogen-bond donors (Lipinski definition) is 1. The lowest BCUT2D eigenvalue weighted by Crippen LogP contribution is -2.23. The van der Waals surface area contributed by atoms with Gasteiger partial charge >= 0.3 is 0 Å². The lowest BCUT2D eigenvalue weighted by Gasteiger charge is -2.24. The molecule has 0 saturated heterocycles. The first-order chi connectivity index (χ1) is 13.5. The second kappa shape index (κ2) is 7.26. The predicted molar refractivity (Wildman–Crippen MR) is 104 cm³/mol. The molecule has 0 atom stereocenters. The molecule has 0 amide bonds. The van der Waals surface area contributed by atoms with Gasteiger partial charge in [-0.1, -0.05) is 19.3 Å². The van der Waals surface area contributed by atoms with Crippen molar-refractivity contribution in [3.8, 4) is 11.3 Å². The molecule has 0 radical (unpaired) electrons. The van der Waals surface area contributed by atoms with Gasteiger partial charge < -0.3 is 5.32 Å². The monoisotopic (exact) mass is 381 g/mol. The molecule has 1 saturated carbocycles. The van der Waals surface area contributed by atoms with Crippen molar-refractivity contribution >= 4 is 22.8 Å². The maximum atomic E-state index is 11.2. The summed E-state index contributed by atoms with van der Waals surface area (Å²) in [5, 5.41) is 25.7. The first kappa shape index (κ1) is 17.9. The van der Waals surface area contributed by atoms with E-state index in [0.717, 1.165) is 31.2 Å². The van der Waals surface area contributed by atoms with Gasteiger partial charge in [0.25, 0.3) is 11.4 Å². The highest BCUT2D eigenvalue weighted by Crippen LogP contribution is 2.33. The van der Waals surface area contributed by atoms with Gasteiger partial charge in [-0.3, -0.25) is 24.6 Å². The van der Waals surface area contributed by atoms with Crippen molar-refractivity contribution in [1.29, 1.82) is 0 Å². The summed E-state index contributed by atoms with van der Waals surface area (Å²) in [6.07, 6.45) is 7.01. The largest absolute Gasteiger partial charge is 0.367 e. The van der Waals surface area contributed by atoms with Crippen molar-refractivity contribution in [2.24, 2.45) is 0 Å². The summed E-state index contributed by atoms with van der Waals surface area (Å²) in [4.78, 5) is 25.9. The number of pyridine rings is 1. The van der Waals surface area contributed by atoms with Crippen LogP contribution in [0.25, 0.3) is 16.9 Å². The molecule has 1 fully saturated rings. The predicted octanol–water partition coefficient (Wildman–Crippen LogP) is 4.56. The van der Waals surface area contributed by atoms with Gasteiger partial charge in [-0.15, -0.1) is 0 Å². The number of fused-ring (bicyclic) bond motifs is 1. The minimum atomic E-state index is -0.446. The van der Waals surface area contributed by atoms with Crippen LogP contribution in [0.5, 0.6) is 0 Å². The van der Waals surface area contributed by atoms with Crippen LogP contribution in [-0.4, -0.2) is 25.3 Å². The van der Waals surface area contributed by atoms with Crippen LogP contribution in [0.3, 0.4) is 0 Å². The van der Waals surface area contributed by atoms with Crippen LogP contribution < -0.4 is 5.32 Å². The van der Waals surface area contributed by atoms with Gasteiger partial charge in [0.1, 0.15) is 17.2 Å². The van der Waals surface area contributed by atoms with E-state index in [1.54, 1.807) is 22.6 Å². The highest BCUT2D eigenvalue weighted by atomic mass is 16.6. The van der Waals surface area contributed by atoms with Crippen molar-refractivity contribution in [2.75, 3.05) is 5.32 Å². The third kappa shape index (κ3) is 3.38. The number of nitro benzene ring substituents is 1. The number of aromatic nitrogens is 2. The standard InChI is InChI=1S/C19H19N5O4/c25-23(26)15-8-6-13(7-9-15)18-19(20-14-4-2-1-3-5-14)22-12-16(24(27)28)10-11-17(22)21-18/h6-12,14,20H,1-5H2. The van der Waals surface area contributed by atoms with E-state index >= 15 is 0 Å². The van der Waals surface area contributed by atoms with Gasteiger partial charge in [-0.25, -0.2) is 4.98 Å². The zero-order valence-corrected chi connectivity index (χ0v) is 15.1. The van der Waals surface area contributed by atoms with Crippen LogP contribution in [0.2, 0.25) is 0 Å². The summed E-state index contributed by atoms with van der Waals surface area (Å²) in [5.74, 6) is 0.680. The molecule has 9 heteroatoms. The van der Waals surface area contributed by atoms with Crippen LogP contribution in [0.1, 0.15) is 32.1 Å². The molecule has 9 nitrogen and oxygen atoms in total. The molecule has 0 bridgehead atoms. The van der Waals surface area contributed by atoms with Crippen LogP contribution in [0.4, 0.5) is 17.2 Å². The van der Waals surface area contributed by atoms with Crippen molar-refractivity contribution in [3.63, 3.8) is 0 Å². The fourth-order valence-corrected chi connectivity index (χ4v) is 3.66. The van der Waals surface area contributed by atoms with E-state index in [0.29, 0.717) is 17.2 Å². The van der Waals surface area contributed by atoms with E-state index in [9.17, 15) is 20.2 Å². The number of benzene rings is 1. The lowest BCUT2D eigenvalue weighted by atomic mass is 9.95. The Hall–Kier alpha value is -3.49. The van der Waals surface area contributed by atoms with E-state index in [4.69, 9.17) is 0 Å². The van der Waals surface area contributed by atoms with Crippen LogP contribution in [0.15, 0.2) is 42.6 Å². The quantitative estimate of drug-likeness (QED) is 0.511. The average Bonchev–Trinajstić information content (AvgIpc) is 3.06. The van der Waals surface area contributed by atoms with Gasteiger partial charge in [0.2, 0.25) is 0 Å². The van der Waals surface area contributed by atoms with Gasteiger partial charge in [-0.2, -0.15) is 0 Å². The summed E-state index contributed by atoms with van der Waals surface area (Å²) < 4.78 is 1.70. The van der Waals surface area contributed by atoms with Crippen molar-refractivity contribution in [1.82, 2.24) is 9.38 Å². The molecule has 1 aromatic carbocycles. The molecule has 0 spiro atoms. The zero-order valence-electron chi connectivity index (χ0n) is 15.1. The Bertz CT molecular complexity index is 1040. The third-order valence-corrected chi connectivity index (χ3v) is 5.11.